The number of piperazine rings is 1. The highest BCUT2D eigenvalue weighted by molar-refractivity contribution is 5.70. The van der Waals surface area contributed by atoms with Crippen LogP contribution in [0.15, 0.2) is 48.5 Å². The van der Waals surface area contributed by atoms with Crippen LogP contribution in [0.4, 0.5) is 11.4 Å². The van der Waals surface area contributed by atoms with Gasteiger partial charge in [-0.05, 0) is 36.2 Å². The van der Waals surface area contributed by atoms with E-state index in [1.54, 1.807) is 7.11 Å². The SMILES string of the molecule is COc1cccc(CCNc2ccccc2N2CCNCC2)c1. The lowest BCUT2D eigenvalue weighted by atomic mass is 10.1. The van der Waals surface area contributed by atoms with Crippen molar-refractivity contribution in [2.75, 3.05) is 50.1 Å². The number of anilines is 2. The Morgan fingerprint density at radius 1 is 1.09 bits per heavy atom. The van der Waals surface area contributed by atoms with Crippen LogP contribution in [0, 0.1) is 0 Å². The quantitative estimate of drug-likeness (QED) is 0.860. The summed E-state index contributed by atoms with van der Waals surface area (Å²) in [5, 5.41) is 7.00. The van der Waals surface area contributed by atoms with Crippen molar-refractivity contribution in [3.8, 4) is 5.75 Å². The molecular formula is C19H25N3O. The molecule has 0 aliphatic carbocycles. The summed E-state index contributed by atoms with van der Waals surface area (Å²) in [6, 6.07) is 16.9. The Morgan fingerprint density at radius 2 is 1.91 bits per heavy atom. The lowest BCUT2D eigenvalue weighted by Gasteiger charge is -2.31. The number of benzene rings is 2. The molecule has 1 aliphatic rings. The van der Waals surface area contributed by atoms with Gasteiger partial charge in [0.25, 0.3) is 0 Å². The van der Waals surface area contributed by atoms with Crippen molar-refractivity contribution in [2.45, 2.75) is 6.42 Å². The fourth-order valence-electron chi connectivity index (χ4n) is 2.97. The molecule has 2 N–H and O–H groups in total. The summed E-state index contributed by atoms with van der Waals surface area (Å²) in [5.41, 5.74) is 3.81. The fourth-order valence-corrected chi connectivity index (χ4v) is 2.97. The second kappa shape index (κ2) is 7.88. The number of hydrogen-bond acceptors (Lipinski definition) is 4. The molecule has 23 heavy (non-hydrogen) atoms. The minimum Gasteiger partial charge on any atom is -0.497 e. The van der Waals surface area contributed by atoms with E-state index >= 15 is 0 Å². The highest BCUT2D eigenvalue weighted by Crippen LogP contribution is 2.25. The van der Waals surface area contributed by atoms with Gasteiger partial charge in [-0.3, -0.25) is 0 Å². The zero-order valence-corrected chi connectivity index (χ0v) is 13.7. The molecule has 0 bridgehead atoms. The predicted molar refractivity (Wildman–Crippen MR) is 96.7 cm³/mol. The molecule has 2 aromatic rings. The maximum Gasteiger partial charge on any atom is 0.119 e. The Morgan fingerprint density at radius 3 is 2.74 bits per heavy atom. The van der Waals surface area contributed by atoms with Crippen LogP contribution < -0.4 is 20.3 Å². The van der Waals surface area contributed by atoms with E-state index in [1.807, 2.05) is 12.1 Å². The van der Waals surface area contributed by atoms with Crippen LogP contribution >= 0.6 is 0 Å². The van der Waals surface area contributed by atoms with Gasteiger partial charge in [0.1, 0.15) is 5.75 Å². The molecule has 1 aliphatic heterocycles. The smallest absolute Gasteiger partial charge is 0.119 e. The molecule has 0 atom stereocenters. The molecule has 4 nitrogen and oxygen atoms in total. The Labute approximate surface area is 138 Å². The average Bonchev–Trinajstić information content (AvgIpc) is 2.63. The molecule has 0 spiro atoms. The van der Waals surface area contributed by atoms with Crippen LogP contribution in [0.25, 0.3) is 0 Å². The predicted octanol–water partition coefficient (Wildman–Crippen LogP) is 2.76. The Balaban J connectivity index is 1.61. The summed E-state index contributed by atoms with van der Waals surface area (Å²) in [6.07, 6.45) is 0.979. The van der Waals surface area contributed by atoms with Crippen molar-refractivity contribution in [1.82, 2.24) is 5.32 Å². The summed E-state index contributed by atoms with van der Waals surface area (Å²) in [5.74, 6) is 0.920. The van der Waals surface area contributed by atoms with Crippen molar-refractivity contribution < 1.29 is 4.74 Å². The molecule has 0 aromatic heterocycles. The first-order valence-electron chi connectivity index (χ1n) is 8.28. The number of nitrogens with one attached hydrogen (secondary N) is 2. The number of methoxy groups -OCH3 is 1. The lowest BCUT2D eigenvalue weighted by Crippen LogP contribution is -2.43. The highest BCUT2D eigenvalue weighted by Gasteiger charge is 2.13. The Kier molecular flexibility index (Phi) is 5.37. The van der Waals surface area contributed by atoms with Gasteiger partial charge in [-0.15, -0.1) is 0 Å². The molecule has 0 radical (unpaired) electrons. The normalized spacial score (nSPS) is 14.6. The maximum atomic E-state index is 5.28. The summed E-state index contributed by atoms with van der Waals surface area (Å²) in [6.45, 7) is 5.15. The monoisotopic (exact) mass is 311 g/mol. The average molecular weight is 311 g/mol. The van der Waals surface area contributed by atoms with Crippen molar-refractivity contribution in [3.05, 3.63) is 54.1 Å². The molecular weight excluding hydrogens is 286 g/mol. The van der Waals surface area contributed by atoms with E-state index in [9.17, 15) is 0 Å². The molecule has 3 rings (SSSR count). The third kappa shape index (κ3) is 4.17. The van der Waals surface area contributed by atoms with E-state index in [4.69, 9.17) is 4.74 Å². The van der Waals surface area contributed by atoms with Crippen LogP contribution in [0.3, 0.4) is 0 Å². The minimum atomic E-state index is 0.913. The number of ether oxygens (including phenoxy) is 1. The van der Waals surface area contributed by atoms with Gasteiger partial charge in [-0.1, -0.05) is 24.3 Å². The number of nitrogens with zero attached hydrogens (tertiary/aromatic N) is 1. The van der Waals surface area contributed by atoms with E-state index in [1.165, 1.54) is 16.9 Å². The van der Waals surface area contributed by atoms with Crippen molar-refractivity contribution >= 4 is 11.4 Å². The van der Waals surface area contributed by atoms with E-state index in [-0.39, 0.29) is 0 Å². The van der Waals surface area contributed by atoms with Gasteiger partial charge in [-0.25, -0.2) is 0 Å². The van der Waals surface area contributed by atoms with Gasteiger partial charge in [0.2, 0.25) is 0 Å². The van der Waals surface area contributed by atoms with Gasteiger partial charge >= 0.3 is 0 Å². The second-order valence-corrected chi connectivity index (χ2v) is 5.78. The van der Waals surface area contributed by atoms with Crippen LogP contribution in [-0.2, 0) is 6.42 Å². The van der Waals surface area contributed by atoms with Crippen molar-refractivity contribution in [2.24, 2.45) is 0 Å². The van der Waals surface area contributed by atoms with Gasteiger partial charge in [-0.2, -0.15) is 0 Å². The Hall–Kier alpha value is -2.20. The summed E-state index contributed by atoms with van der Waals surface area (Å²) in [7, 11) is 1.71. The first kappa shape index (κ1) is 15.7. The summed E-state index contributed by atoms with van der Waals surface area (Å²) < 4.78 is 5.28. The molecule has 1 heterocycles. The summed E-state index contributed by atoms with van der Waals surface area (Å²) >= 11 is 0. The molecule has 122 valence electrons. The van der Waals surface area contributed by atoms with Crippen LogP contribution in [-0.4, -0.2) is 39.8 Å². The second-order valence-electron chi connectivity index (χ2n) is 5.78. The van der Waals surface area contributed by atoms with E-state index in [0.717, 1.165) is 44.9 Å². The zero-order valence-electron chi connectivity index (χ0n) is 13.7. The zero-order chi connectivity index (χ0) is 15.9. The van der Waals surface area contributed by atoms with Crippen molar-refractivity contribution in [1.29, 1.82) is 0 Å². The number of para-hydroxylation sites is 2. The maximum absolute atomic E-state index is 5.28. The van der Waals surface area contributed by atoms with Gasteiger partial charge in [0.05, 0.1) is 18.5 Å². The van der Waals surface area contributed by atoms with E-state index < -0.39 is 0 Å². The van der Waals surface area contributed by atoms with E-state index in [0.29, 0.717) is 0 Å². The fraction of sp³-hybridized carbons (Fsp3) is 0.368. The third-order valence-electron chi connectivity index (χ3n) is 4.23. The van der Waals surface area contributed by atoms with Gasteiger partial charge < -0.3 is 20.3 Å². The first-order chi connectivity index (χ1) is 11.4. The molecule has 0 unspecified atom stereocenters. The third-order valence-corrected chi connectivity index (χ3v) is 4.23. The molecule has 1 fully saturated rings. The molecule has 0 saturated carbocycles. The molecule has 1 saturated heterocycles. The first-order valence-corrected chi connectivity index (χ1v) is 8.28. The van der Waals surface area contributed by atoms with Gasteiger partial charge in [0.15, 0.2) is 0 Å². The molecule has 2 aromatic carbocycles. The minimum absolute atomic E-state index is 0.913. The van der Waals surface area contributed by atoms with E-state index in [2.05, 4.69) is 51.9 Å². The summed E-state index contributed by atoms with van der Waals surface area (Å²) in [4.78, 5) is 2.45. The lowest BCUT2D eigenvalue weighted by molar-refractivity contribution is 0.414. The number of hydrogen-bond donors (Lipinski definition) is 2. The van der Waals surface area contributed by atoms with Crippen LogP contribution in [0.5, 0.6) is 5.75 Å². The van der Waals surface area contributed by atoms with Crippen LogP contribution in [0.1, 0.15) is 5.56 Å². The molecule has 4 heteroatoms. The van der Waals surface area contributed by atoms with Crippen molar-refractivity contribution in [3.63, 3.8) is 0 Å². The topological polar surface area (TPSA) is 36.5 Å². The van der Waals surface area contributed by atoms with Crippen LogP contribution in [0.2, 0.25) is 0 Å². The molecule has 0 amide bonds. The highest BCUT2D eigenvalue weighted by atomic mass is 16.5. The largest absolute Gasteiger partial charge is 0.497 e. The van der Waals surface area contributed by atoms with Gasteiger partial charge in [0, 0.05) is 32.7 Å². The standard InChI is InChI=1S/C19H25N3O/c1-23-17-6-4-5-16(15-17)9-10-21-18-7-2-3-8-19(18)22-13-11-20-12-14-22/h2-8,15,20-21H,9-14H2,1H3. The number of rotatable bonds is 6. The Bertz CT molecular complexity index is 624.